The predicted molar refractivity (Wildman–Crippen MR) is 147 cm³/mol. The third-order valence-electron chi connectivity index (χ3n) is 7.17. The molecule has 0 spiro atoms. The van der Waals surface area contributed by atoms with Crippen molar-refractivity contribution in [2.75, 3.05) is 34.5 Å². The molecular formula is C31H31NO7. The quantitative estimate of drug-likeness (QED) is 0.301. The molecule has 0 radical (unpaired) electrons. The number of ether oxygens (including phenoxy) is 4. The Bertz CT molecular complexity index is 1560. The molecule has 1 aliphatic heterocycles. The topological polar surface area (TPSA) is 87.4 Å². The van der Waals surface area contributed by atoms with Gasteiger partial charge in [0.1, 0.15) is 23.7 Å². The second-order valence-corrected chi connectivity index (χ2v) is 9.50. The molecule has 0 saturated carbocycles. The van der Waals surface area contributed by atoms with Gasteiger partial charge in [0.2, 0.25) is 5.91 Å². The molecule has 0 bridgehead atoms. The van der Waals surface area contributed by atoms with Gasteiger partial charge in [0.25, 0.3) is 0 Å². The van der Waals surface area contributed by atoms with E-state index in [4.69, 9.17) is 23.4 Å². The molecule has 5 rings (SSSR count). The molecule has 0 unspecified atom stereocenters. The molecule has 1 aromatic heterocycles. The average molecular weight is 530 g/mol. The van der Waals surface area contributed by atoms with E-state index in [2.05, 4.69) is 0 Å². The van der Waals surface area contributed by atoms with Crippen LogP contribution in [0.4, 0.5) is 0 Å². The van der Waals surface area contributed by atoms with Crippen LogP contribution >= 0.6 is 0 Å². The molecular weight excluding hydrogens is 498 g/mol. The average Bonchev–Trinajstić information content (AvgIpc) is 2.95. The summed E-state index contributed by atoms with van der Waals surface area (Å²) in [6.45, 7) is 2.61. The first-order valence-electron chi connectivity index (χ1n) is 12.7. The molecule has 4 aromatic rings. The number of benzene rings is 3. The Balaban J connectivity index is 1.46. The Labute approximate surface area is 226 Å². The van der Waals surface area contributed by atoms with E-state index in [0.29, 0.717) is 35.8 Å². The highest BCUT2D eigenvalue weighted by Crippen LogP contribution is 2.39. The lowest BCUT2D eigenvalue weighted by atomic mass is 9.91. The molecule has 0 aliphatic carbocycles. The highest BCUT2D eigenvalue weighted by molar-refractivity contribution is 5.81. The molecule has 1 amide bonds. The maximum absolute atomic E-state index is 13.6. The van der Waals surface area contributed by atoms with E-state index < -0.39 is 5.63 Å². The fraction of sp³-hybridized carbons (Fsp3) is 0.290. The highest BCUT2D eigenvalue weighted by Gasteiger charge is 2.33. The van der Waals surface area contributed by atoms with Crippen LogP contribution in [0.15, 0.2) is 69.9 Å². The smallest absolute Gasteiger partial charge is 0.336 e. The number of fused-ring (bicyclic) bond motifs is 2. The molecule has 8 heteroatoms. The molecule has 1 aliphatic rings. The van der Waals surface area contributed by atoms with Crippen LogP contribution in [0.2, 0.25) is 0 Å². The summed E-state index contributed by atoms with van der Waals surface area (Å²) < 4.78 is 28.0. The van der Waals surface area contributed by atoms with Gasteiger partial charge in [-0.3, -0.25) is 4.79 Å². The summed E-state index contributed by atoms with van der Waals surface area (Å²) in [4.78, 5) is 27.4. The Hall–Kier alpha value is -4.46. The van der Waals surface area contributed by atoms with Crippen LogP contribution in [0.25, 0.3) is 11.0 Å². The van der Waals surface area contributed by atoms with Crippen LogP contribution in [0, 0.1) is 6.92 Å². The van der Waals surface area contributed by atoms with Gasteiger partial charge in [0.15, 0.2) is 11.5 Å². The molecule has 202 valence electrons. The molecule has 0 N–H and O–H groups in total. The van der Waals surface area contributed by atoms with Crippen molar-refractivity contribution < 1.29 is 28.2 Å². The molecule has 2 heterocycles. The minimum absolute atomic E-state index is 0.00525. The van der Waals surface area contributed by atoms with Crippen molar-refractivity contribution in [2.24, 2.45) is 0 Å². The third-order valence-corrected chi connectivity index (χ3v) is 7.17. The standard InChI is InChI=1S/C31H31NO7/c1-19-13-31(34)39-27-16-23(9-10-24(19)27)38-18-26-25-17-29(37-4)28(36-3)15-21(25)11-12-32(26)30(33)14-20-5-7-22(35-2)8-6-20/h5-10,13,15-17,26H,11-12,14,18H2,1-4H3/t26-/m0/s1. The molecule has 0 fully saturated rings. The van der Waals surface area contributed by atoms with E-state index >= 15 is 0 Å². The van der Waals surface area contributed by atoms with E-state index in [-0.39, 0.29) is 25.0 Å². The van der Waals surface area contributed by atoms with Gasteiger partial charge >= 0.3 is 5.63 Å². The van der Waals surface area contributed by atoms with Gasteiger partial charge in [-0.1, -0.05) is 12.1 Å². The van der Waals surface area contributed by atoms with E-state index in [1.165, 1.54) is 6.07 Å². The number of hydrogen-bond acceptors (Lipinski definition) is 7. The molecule has 1 atom stereocenters. The number of rotatable bonds is 8. The fourth-order valence-corrected chi connectivity index (χ4v) is 5.10. The molecule has 8 nitrogen and oxygen atoms in total. The predicted octanol–water partition coefficient (Wildman–Crippen LogP) is 4.87. The summed E-state index contributed by atoms with van der Waals surface area (Å²) in [5.74, 6) is 2.52. The summed E-state index contributed by atoms with van der Waals surface area (Å²) in [5.41, 5.74) is 3.82. The van der Waals surface area contributed by atoms with E-state index in [0.717, 1.165) is 33.4 Å². The Morgan fingerprint density at radius 1 is 0.923 bits per heavy atom. The van der Waals surface area contributed by atoms with Gasteiger partial charge in [-0.05, 0) is 72.0 Å². The number of nitrogens with zero attached hydrogens (tertiary/aromatic N) is 1. The first kappa shape index (κ1) is 26.2. The number of amides is 1. The summed E-state index contributed by atoms with van der Waals surface area (Å²) in [6.07, 6.45) is 0.935. The van der Waals surface area contributed by atoms with E-state index in [9.17, 15) is 9.59 Å². The fourth-order valence-electron chi connectivity index (χ4n) is 5.10. The Morgan fingerprint density at radius 2 is 1.64 bits per heavy atom. The zero-order valence-corrected chi connectivity index (χ0v) is 22.5. The zero-order valence-electron chi connectivity index (χ0n) is 22.5. The van der Waals surface area contributed by atoms with Crippen LogP contribution in [0.1, 0.15) is 28.3 Å². The highest BCUT2D eigenvalue weighted by atomic mass is 16.5. The lowest BCUT2D eigenvalue weighted by Crippen LogP contribution is -2.43. The minimum atomic E-state index is -0.408. The number of methoxy groups -OCH3 is 3. The lowest BCUT2D eigenvalue weighted by Gasteiger charge is -2.37. The van der Waals surface area contributed by atoms with Gasteiger partial charge in [0, 0.05) is 24.1 Å². The van der Waals surface area contributed by atoms with E-state index in [1.807, 2.05) is 60.4 Å². The number of aryl methyl sites for hydroxylation is 1. The van der Waals surface area contributed by atoms with Crippen LogP contribution in [-0.2, 0) is 17.6 Å². The lowest BCUT2D eigenvalue weighted by molar-refractivity contribution is -0.134. The largest absolute Gasteiger partial charge is 0.497 e. The normalized spacial score (nSPS) is 14.6. The zero-order chi connectivity index (χ0) is 27.5. The van der Waals surface area contributed by atoms with Crippen molar-refractivity contribution in [1.29, 1.82) is 0 Å². The SMILES string of the molecule is COc1ccc(CC(=O)N2CCc3cc(OC)c(OC)cc3[C@@H]2COc2ccc3c(C)cc(=O)oc3c2)cc1. The summed E-state index contributed by atoms with van der Waals surface area (Å²) in [6, 6.07) is 17.9. The second-order valence-electron chi connectivity index (χ2n) is 9.50. The van der Waals surface area contributed by atoms with Crippen molar-refractivity contribution >= 4 is 16.9 Å². The van der Waals surface area contributed by atoms with Gasteiger partial charge in [-0.15, -0.1) is 0 Å². The van der Waals surface area contributed by atoms with Crippen molar-refractivity contribution in [2.45, 2.75) is 25.8 Å². The van der Waals surface area contributed by atoms with Crippen LogP contribution in [0.5, 0.6) is 23.0 Å². The number of hydrogen-bond donors (Lipinski definition) is 0. The van der Waals surface area contributed by atoms with Gasteiger partial charge in [-0.2, -0.15) is 0 Å². The van der Waals surface area contributed by atoms with Crippen LogP contribution < -0.4 is 24.6 Å². The van der Waals surface area contributed by atoms with Gasteiger partial charge in [-0.25, -0.2) is 4.79 Å². The summed E-state index contributed by atoms with van der Waals surface area (Å²) >= 11 is 0. The minimum Gasteiger partial charge on any atom is -0.497 e. The first-order valence-corrected chi connectivity index (χ1v) is 12.7. The van der Waals surface area contributed by atoms with Gasteiger partial charge in [0.05, 0.1) is 33.8 Å². The molecule has 0 saturated heterocycles. The van der Waals surface area contributed by atoms with Crippen molar-refractivity contribution in [1.82, 2.24) is 4.90 Å². The Morgan fingerprint density at radius 3 is 2.36 bits per heavy atom. The van der Waals surface area contributed by atoms with Gasteiger partial charge < -0.3 is 28.3 Å². The molecule has 39 heavy (non-hydrogen) atoms. The number of carbonyl (C=O) groups is 1. The van der Waals surface area contributed by atoms with Crippen LogP contribution in [-0.4, -0.2) is 45.3 Å². The van der Waals surface area contributed by atoms with E-state index in [1.54, 1.807) is 27.4 Å². The monoisotopic (exact) mass is 529 g/mol. The summed E-state index contributed by atoms with van der Waals surface area (Å²) in [7, 11) is 4.82. The second kappa shape index (κ2) is 11.1. The first-order chi connectivity index (χ1) is 18.9. The van der Waals surface area contributed by atoms with Crippen molar-refractivity contribution in [3.8, 4) is 23.0 Å². The maximum Gasteiger partial charge on any atom is 0.336 e. The summed E-state index contributed by atoms with van der Waals surface area (Å²) in [5, 5.41) is 0.845. The third kappa shape index (κ3) is 5.41. The number of carbonyl (C=O) groups excluding carboxylic acids is 1. The van der Waals surface area contributed by atoms with Crippen LogP contribution in [0.3, 0.4) is 0 Å². The molecule has 3 aromatic carbocycles. The maximum atomic E-state index is 13.6. The van der Waals surface area contributed by atoms with Crippen molar-refractivity contribution in [3.05, 3.63) is 93.3 Å². The van der Waals surface area contributed by atoms with Crippen molar-refractivity contribution in [3.63, 3.8) is 0 Å². The Kier molecular flexibility index (Phi) is 7.45.